The number of hydrogen-bond acceptors (Lipinski definition) is 4. The number of rotatable bonds is 7. The third-order valence-corrected chi connectivity index (χ3v) is 4.57. The van der Waals surface area contributed by atoms with Crippen molar-refractivity contribution >= 4 is 39.5 Å². The van der Waals surface area contributed by atoms with Gasteiger partial charge in [0, 0.05) is 4.47 Å². The number of halogens is 1. The lowest BCUT2D eigenvalue weighted by atomic mass is 10.1. The molecule has 8 heteroatoms. The topological polar surface area (TPSA) is 96.5 Å². The molecule has 0 aromatic heterocycles. The molecule has 3 amide bonds. The smallest absolute Gasteiger partial charge is 0.407 e. The SMILES string of the molecule is Cc1cc(Br)c(NC(=O)CNC(=O)CNC(=O)OCc2ccccc2)cc1C. The molecule has 0 heterocycles. The zero-order valence-corrected chi connectivity index (χ0v) is 17.3. The number of ether oxygens (including phenoxy) is 1. The molecular weight excluding hydrogens is 426 g/mol. The van der Waals surface area contributed by atoms with Crippen LogP contribution in [-0.4, -0.2) is 31.0 Å². The Morgan fingerprint density at radius 2 is 1.57 bits per heavy atom. The van der Waals surface area contributed by atoms with E-state index >= 15 is 0 Å². The van der Waals surface area contributed by atoms with Crippen LogP contribution < -0.4 is 16.0 Å². The van der Waals surface area contributed by atoms with Gasteiger partial charge in [0.2, 0.25) is 11.8 Å². The molecule has 2 aromatic rings. The maximum atomic E-state index is 12.0. The molecule has 0 saturated carbocycles. The molecule has 148 valence electrons. The first kappa shape index (κ1) is 21.4. The summed E-state index contributed by atoms with van der Waals surface area (Å²) in [6.45, 7) is 3.54. The van der Waals surface area contributed by atoms with Gasteiger partial charge >= 0.3 is 6.09 Å². The van der Waals surface area contributed by atoms with Crippen LogP contribution in [0.15, 0.2) is 46.9 Å². The molecule has 0 fully saturated rings. The van der Waals surface area contributed by atoms with Crippen LogP contribution in [0.1, 0.15) is 16.7 Å². The molecule has 0 atom stereocenters. The van der Waals surface area contributed by atoms with Crippen LogP contribution in [0.5, 0.6) is 0 Å². The van der Waals surface area contributed by atoms with Gasteiger partial charge in [0.1, 0.15) is 13.2 Å². The number of carbonyl (C=O) groups excluding carboxylic acids is 3. The lowest BCUT2D eigenvalue weighted by Crippen LogP contribution is -2.40. The maximum absolute atomic E-state index is 12.0. The minimum Gasteiger partial charge on any atom is -0.445 e. The average molecular weight is 448 g/mol. The zero-order chi connectivity index (χ0) is 20.5. The van der Waals surface area contributed by atoms with Crippen LogP contribution in [0.3, 0.4) is 0 Å². The van der Waals surface area contributed by atoms with E-state index in [1.54, 1.807) is 0 Å². The highest BCUT2D eigenvalue weighted by Crippen LogP contribution is 2.25. The van der Waals surface area contributed by atoms with E-state index in [0.29, 0.717) is 5.69 Å². The third-order valence-electron chi connectivity index (χ3n) is 3.91. The molecule has 2 rings (SSSR count). The van der Waals surface area contributed by atoms with Gasteiger partial charge < -0.3 is 20.7 Å². The Morgan fingerprint density at radius 1 is 0.929 bits per heavy atom. The van der Waals surface area contributed by atoms with E-state index in [4.69, 9.17) is 4.74 Å². The van der Waals surface area contributed by atoms with E-state index < -0.39 is 12.0 Å². The quantitative estimate of drug-likeness (QED) is 0.607. The number of carbonyl (C=O) groups is 3. The Morgan fingerprint density at radius 3 is 2.29 bits per heavy atom. The summed E-state index contributed by atoms with van der Waals surface area (Å²) in [7, 11) is 0. The first-order valence-corrected chi connectivity index (χ1v) is 9.42. The lowest BCUT2D eigenvalue weighted by Gasteiger charge is -2.11. The minimum absolute atomic E-state index is 0.113. The maximum Gasteiger partial charge on any atom is 0.407 e. The van der Waals surface area contributed by atoms with Gasteiger partial charge in [-0.05, 0) is 58.6 Å². The molecule has 0 spiro atoms. The molecule has 0 radical (unpaired) electrons. The molecule has 3 N–H and O–H groups in total. The van der Waals surface area contributed by atoms with Gasteiger partial charge in [0.15, 0.2) is 0 Å². The second-order valence-corrected chi connectivity index (χ2v) is 7.01. The van der Waals surface area contributed by atoms with Crippen molar-refractivity contribution in [2.75, 3.05) is 18.4 Å². The average Bonchev–Trinajstić information content (AvgIpc) is 2.68. The van der Waals surface area contributed by atoms with Crippen molar-refractivity contribution in [2.24, 2.45) is 0 Å². The van der Waals surface area contributed by atoms with Crippen molar-refractivity contribution in [2.45, 2.75) is 20.5 Å². The number of benzene rings is 2. The van der Waals surface area contributed by atoms with Crippen molar-refractivity contribution in [3.05, 3.63) is 63.6 Å². The normalized spacial score (nSPS) is 10.1. The van der Waals surface area contributed by atoms with Gasteiger partial charge in [0.25, 0.3) is 0 Å². The summed E-state index contributed by atoms with van der Waals surface area (Å²) in [5.41, 5.74) is 3.62. The molecule has 0 saturated heterocycles. The van der Waals surface area contributed by atoms with E-state index in [2.05, 4.69) is 31.9 Å². The fourth-order valence-electron chi connectivity index (χ4n) is 2.24. The highest BCUT2D eigenvalue weighted by atomic mass is 79.9. The summed E-state index contributed by atoms with van der Waals surface area (Å²) in [5.74, 6) is -0.866. The van der Waals surface area contributed by atoms with E-state index in [9.17, 15) is 14.4 Å². The van der Waals surface area contributed by atoms with Crippen LogP contribution in [-0.2, 0) is 20.9 Å². The van der Waals surface area contributed by atoms with Gasteiger partial charge in [0.05, 0.1) is 12.2 Å². The van der Waals surface area contributed by atoms with Gasteiger partial charge in [-0.2, -0.15) is 0 Å². The van der Waals surface area contributed by atoms with Crippen LogP contribution >= 0.6 is 15.9 Å². The molecule has 0 aliphatic heterocycles. The largest absolute Gasteiger partial charge is 0.445 e. The summed E-state index contributed by atoms with van der Waals surface area (Å²) in [5, 5.41) is 7.50. The third kappa shape index (κ3) is 7.03. The molecule has 0 aliphatic rings. The van der Waals surface area contributed by atoms with Gasteiger partial charge in [-0.3, -0.25) is 9.59 Å². The Labute approximate surface area is 172 Å². The number of alkyl carbamates (subject to hydrolysis) is 1. The first-order valence-electron chi connectivity index (χ1n) is 8.63. The molecule has 7 nitrogen and oxygen atoms in total. The highest BCUT2D eigenvalue weighted by molar-refractivity contribution is 9.10. The van der Waals surface area contributed by atoms with Crippen molar-refractivity contribution < 1.29 is 19.1 Å². The molecule has 0 unspecified atom stereocenters. The van der Waals surface area contributed by atoms with Gasteiger partial charge in [-0.15, -0.1) is 0 Å². The van der Waals surface area contributed by atoms with E-state index in [0.717, 1.165) is 21.2 Å². The summed E-state index contributed by atoms with van der Waals surface area (Å²) < 4.78 is 5.76. The molecule has 28 heavy (non-hydrogen) atoms. The van der Waals surface area contributed by atoms with Crippen molar-refractivity contribution in [3.63, 3.8) is 0 Å². The summed E-state index contributed by atoms with van der Waals surface area (Å²) >= 11 is 3.40. The van der Waals surface area contributed by atoms with E-state index in [1.165, 1.54) is 0 Å². The number of anilines is 1. The van der Waals surface area contributed by atoms with E-state index in [1.807, 2.05) is 56.3 Å². The number of amides is 3. The fourth-order valence-corrected chi connectivity index (χ4v) is 2.80. The fraction of sp³-hybridized carbons (Fsp3) is 0.250. The van der Waals surface area contributed by atoms with Crippen molar-refractivity contribution in [3.8, 4) is 0 Å². The lowest BCUT2D eigenvalue weighted by molar-refractivity contribution is -0.123. The second-order valence-electron chi connectivity index (χ2n) is 6.16. The zero-order valence-electron chi connectivity index (χ0n) is 15.7. The summed E-state index contributed by atoms with van der Waals surface area (Å²) in [4.78, 5) is 35.4. The van der Waals surface area contributed by atoms with E-state index in [-0.39, 0.29) is 25.6 Å². The molecule has 2 aromatic carbocycles. The summed E-state index contributed by atoms with van der Waals surface area (Å²) in [6, 6.07) is 13.0. The van der Waals surface area contributed by atoms with Crippen LogP contribution in [0.25, 0.3) is 0 Å². The highest BCUT2D eigenvalue weighted by Gasteiger charge is 2.10. The number of nitrogens with one attached hydrogen (secondary N) is 3. The predicted molar refractivity (Wildman–Crippen MR) is 110 cm³/mol. The number of hydrogen-bond donors (Lipinski definition) is 3. The predicted octanol–water partition coefficient (Wildman–Crippen LogP) is 3.05. The van der Waals surface area contributed by atoms with Gasteiger partial charge in [-0.25, -0.2) is 4.79 Å². The van der Waals surface area contributed by atoms with Crippen LogP contribution in [0.4, 0.5) is 10.5 Å². The van der Waals surface area contributed by atoms with Crippen molar-refractivity contribution in [1.82, 2.24) is 10.6 Å². The molecular formula is C20H22BrN3O4. The van der Waals surface area contributed by atoms with Gasteiger partial charge in [-0.1, -0.05) is 30.3 Å². The summed E-state index contributed by atoms with van der Waals surface area (Å²) in [6.07, 6.45) is -0.706. The van der Waals surface area contributed by atoms with Crippen molar-refractivity contribution in [1.29, 1.82) is 0 Å². The Bertz CT molecular complexity index is 856. The molecule has 0 aliphatic carbocycles. The Balaban J connectivity index is 1.68. The van der Waals surface area contributed by atoms with Crippen LogP contribution in [0, 0.1) is 13.8 Å². The van der Waals surface area contributed by atoms with Crippen LogP contribution in [0.2, 0.25) is 0 Å². The number of aryl methyl sites for hydroxylation is 2. The minimum atomic E-state index is -0.706. The second kappa shape index (κ2) is 10.5. The first-order chi connectivity index (χ1) is 13.3. The standard InChI is InChI=1S/C20H22BrN3O4/c1-13-8-16(21)17(9-14(13)2)24-19(26)11-22-18(25)10-23-20(27)28-12-15-6-4-3-5-7-15/h3-9H,10-12H2,1-2H3,(H,22,25)(H,23,27)(H,24,26). The monoisotopic (exact) mass is 447 g/mol. The Kier molecular flexibility index (Phi) is 8.01. The Hall–Kier alpha value is -2.87. The molecule has 0 bridgehead atoms.